The lowest BCUT2D eigenvalue weighted by Gasteiger charge is -2.20. The van der Waals surface area contributed by atoms with Gasteiger partial charge < -0.3 is 9.64 Å². The third-order valence-electron chi connectivity index (χ3n) is 4.78. The smallest absolute Gasteiger partial charge is 0.266 e. The van der Waals surface area contributed by atoms with E-state index in [4.69, 9.17) is 4.74 Å². The summed E-state index contributed by atoms with van der Waals surface area (Å²) < 4.78 is 35.1. The minimum atomic E-state index is -0.773. The van der Waals surface area contributed by atoms with Crippen LogP contribution in [0.3, 0.4) is 0 Å². The van der Waals surface area contributed by atoms with Crippen LogP contribution in [0, 0.1) is 11.6 Å². The van der Waals surface area contributed by atoms with Crippen LogP contribution in [0.1, 0.15) is 26.2 Å². The largest absolute Gasteiger partial charge is 0.488 e. The van der Waals surface area contributed by atoms with Gasteiger partial charge in [-0.1, -0.05) is 0 Å². The van der Waals surface area contributed by atoms with E-state index in [1.165, 1.54) is 44.2 Å². The van der Waals surface area contributed by atoms with Crippen LogP contribution in [0.25, 0.3) is 11.3 Å². The average molecular weight is 363 g/mol. The second-order valence-electron chi connectivity index (χ2n) is 6.68. The van der Waals surface area contributed by atoms with E-state index in [9.17, 15) is 13.6 Å². The molecule has 140 valence electrons. The average Bonchev–Trinajstić information content (AvgIpc) is 3.01. The number of likely N-dealkylation sites (tertiary alicyclic amines) is 1. The first-order chi connectivity index (χ1) is 12.5. The van der Waals surface area contributed by atoms with E-state index in [1.54, 1.807) is 0 Å². The first kappa shape index (κ1) is 18.5. The van der Waals surface area contributed by atoms with Crippen molar-refractivity contribution in [1.29, 1.82) is 0 Å². The second-order valence-corrected chi connectivity index (χ2v) is 6.68. The van der Waals surface area contributed by atoms with Gasteiger partial charge in [0.15, 0.2) is 17.4 Å². The van der Waals surface area contributed by atoms with E-state index >= 15 is 0 Å². The predicted octanol–water partition coefficient (Wildman–Crippen LogP) is 2.98. The number of nitrogens with zero attached hydrogens (tertiary/aromatic N) is 3. The highest BCUT2D eigenvalue weighted by molar-refractivity contribution is 5.60. The van der Waals surface area contributed by atoms with Crippen LogP contribution in [0.4, 0.5) is 8.78 Å². The summed E-state index contributed by atoms with van der Waals surface area (Å²) in [5.74, 6) is -1.91. The van der Waals surface area contributed by atoms with Crippen LogP contribution in [-0.4, -0.2) is 40.4 Å². The fourth-order valence-electron chi connectivity index (χ4n) is 3.27. The second kappa shape index (κ2) is 7.95. The third-order valence-corrected chi connectivity index (χ3v) is 4.78. The molecule has 1 aliphatic heterocycles. The molecule has 0 bridgehead atoms. The van der Waals surface area contributed by atoms with Gasteiger partial charge in [0.2, 0.25) is 0 Å². The molecule has 0 aliphatic carbocycles. The zero-order chi connectivity index (χ0) is 18.7. The van der Waals surface area contributed by atoms with Crippen molar-refractivity contribution >= 4 is 0 Å². The number of halogens is 2. The molecule has 2 heterocycles. The molecule has 1 fully saturated rings. The summed E-state index contributed by atoms with van der Waals surface area (Å²) in [6.45, 7) is 4.39. The van der Waals surface area contributed by atoms with Crippen LogP contribution in [0.5, 0.6) is 5.75 Å². The van der Waals surface area contributed by atoms with Gasteiger partial charge in [0, 0.05) is 31.3 Å². The maximum Gasteiger partial charge on any atom is 0.266 e. The highest BCUT2D eigenvalue weighted by atomic mass is 19.1. The Kier molecular flexibility index (Phi) is 5.66. The quantitative estimate of drug-likeness (QED) is 0.741. The number of hydrogen-bond donors (Lipinski definition) is 0. The highest BCUT2D eigenvalue weighted by Gasteiger charge is 2.19. The van der Waals surface area contributed by atoms with Crippen molar-refractivity contribution in [3.8, 4) is 17.0 Å². The first-order valence-corrected chi connectivity index (χ1v) is 8.86. The number of aryl methyl sites for hydroxylation is 1. The monoisotopic (exact) mass is 363 g/mol. The van der Waals surface area contributed by atoms with Crippen LogP contribution in [-0.2, 0) is 7.05 Å². The molecule has 1 aliphatic rings. The van der Waals surface area contributed by atoms with Crippen molar-refractivity contribution in [2.45, 2.75) is 32.2 Å². The minimum absolute atomic E-state index is 0.258. The Balaban J connectivity index is 1.65. The van der Waals surface area contributed by atoms with E-state index in [-0.39, 0.29) is 23.5 Å². The standard InChI is InChI=1S/C19H23F2N3O2/c1-13-5-3-8-24(13)9-4-10-26-19-15(20)11-14(12-16(19)21)17-6-7-18(25)23(2)22-17/h6-7,11-13H,3-5,8-10H2,1-2H3/t13-/m1/s1. The van der Waals surface area contributed by atoms with Crippen LogP contribution in [0.2, 0.25) is 0 Å². The number of rotatable bonds is 6. The van der Waals surface area contributed by atoms with Crippen LogP contribution < -0.4 is 10.3 Å². The number of benzene rings is 1. The molecule has 1 aromatic heterocycles. The molecule has 1 saturated heterocycles. The molecule has 1 aromatic carbocycles. The van der Waals surface area contributed by atoms with Crippen molar-refractivity contribution in [1.82, 2.24) is 14.7 Å². The third kappa shape index (κ3) is 4.09. The van der Waals surface area contributed by atoms with E-state index in [0.29, 0.717) is 18.2 Å². The molecule has 1 atom stereocenters. The van der Waals surface area contributed by atoms with Crippen molar-refractivity contribution in [2.75, 3.05) is 19.7 Å². The maximum atomic E-state index is 14.3. The van der Waals surface area contributed by atoms with Crippen LogP contribution >= 0.6 is 0 Å². The summed E-state index contributed by atoms with van der Waals surface area (Å²) in [5.41, 5.74) is 0.287. The molecule has 0 unspecified atom stereocenters. The fraction of sp³-hybridized carbons (Fsp3) is 0.474. The minimum Gasteiger partial charge on any atom is -0.488 e. The summed E-state index contributed by atoms with van der Waals surface area (Å²) in [7, 11) is 1.48. The predicted molar refractivity (Wildman–Crippen MR) is 95.2 cm³/mol. The van der Waals surface area contributed by atoms with Crippen molar-refractivity contribution in [3.05, 3.63) is 46.3 Å². The van der Waals surface area contributed by atoms with E-state index < -0.39 is 11.6 Å². The van der Waals surface area contributed by atoms with Gasteiger partial charge in [-0.15, -0.1) is 0 Å². The van der Waals surface area contributed by atoms with E-state index in [1.807, 2.05) is 0 Å². The number of hydrogen-bond acceptors (Lipinski definition) is 4. The lowest BCUT2D eigenvalue weighted by Crippen LogP contribution is -2.28. The Bertz CT molecular complexity index is 815. The molecule has 7 heteroatoms. The Labute approximate surface area is 151 Å². The lowest BCUT2D eigenvalue weighted by atomic mass is 10.1. The van der Waals surface area contributed by atoms with Gasteiger partial charge in [-0.3, -0.25) is 4.79 Å². The molecule has 0 spiro atoms. The Hall–Kier alpha value is -2.28. The summed E-state index contributed by atoms with van der Waals surface area (Å²) in [4.78, 5) is 13.7. The maximum absolute atomic E-state index is 14.3. The topological polar surface area (TPSA) is 47.4 Å². The molecule has 5 nitrogen and oxygen atoms in total. The van der Waals surface area contributed by atoms with Crippen molar-refractivity contribution < 1.29 is 13.5 Å². The van der Waals surface area contributed by atoms with Gasteiger partial charge in [0.25, 0.3) is 5.56 Å². The molecule has 0 amide bonds. The molecular weight excluding hydrogens is 340 g/mol. The molecule has 3 rings (SSSR count). The van der Waals surface area contributed by atoms with Crippen molar-refractivity contribution in [3.63, 3.8) is 0 Å². The summed E-state index contributed by atoms with van der Waals surface area (Å²) in [6, 6.07) is 5.66. The highest BCUT2D eigenvalue weighted by Crippen LogP contribution is 2.28. The Morgan fingerprint density at radius 1 is 1.27 bits per heavy atom. The Morgan fingerprint density at radius 3 is 2.62 bits per heavy atom. The van der Waals surface area contributed by atoms with Gasteiger partial charge >= 0.3 is 0 Å². The van der Waals surface area contributed by atoms with Gasteiger partial charge in [0.05, 0.1) is 12.3 Å². The normalized spacial score (nSPS) is 17.6. The molecule has 0 radical (unpaired) electrons. The molecular formula is C19H23F2N3O2. The lowest BCUT2D eigenvalue weighted by molar-refractivity contribution is 0.222. The summed E-state index contributed by atoms with van der Waals surface area (Å²) in [5, 5.41) is 4.01. The van der Waals surface area contributed by atoms with Gasteiger partial charge in [-0.25, -0.2) is 13.5 Å². The van der Waals surface area contributed by atoms with E-state index in [2.05, 4.69) is 16.9 Å². The van der Waals surface area contributed by atoms with Crippen LogP contribution in [0.15, 0.2) is 29.1 Å². The SMILES string of the molecule is C[C@@H]1CCCN1CCCOc1c(F)cc(-c2ccc(=O)n(C)n2)cc1F. The summed E-state index contributed by atoms with van der Waals surface area (Å²) in [6.07, 6.45) is 3.11. The van der Waals surface area contributed by atoms with Gasteiger partial charge in [-0.2, -0.15) is 5.10 Å². The number of aromatic nitrogens is 2. The fourth-order valence-corrected chi connectivity index (χ4v) is 3.27. The van der Waals surface area contributed by atoms with Gasteiger partial charge in [0.1, 0.15) is 0 Å². The molecule has 0 N–H and O–H groups in total. The zero-order valence-corrected chi connectivity index (χ0v) is 15.0. The molecule has 2 aromatic rings. The van der Waals surface area contributed by atoms with Crippen molar-refractivity contribution in [2.24, 2.45) is 7.05 Å². The molecule has 0 saturated carbocycles. The van der Waals surface area contributed by atoms with E-state index in [0.717, 1.165) is 17.8 Å². The number of ether oxygens (including phenoxy) is 1. The zero-order valence-electron chi connectivity index (χ0n) is 15.0. The summed E-state index contributed by atoms with van der Waals surface area (Å²) >= 11 is 0. The first-order valence-electron chi connectivity index (χ1n) is 8.86. The molecule has 26 heavy (non-hydrogen) atoms. The van der Waals surface area contributed by atoms with Gasteiger partial charge in [-0.05, 0) is 50.9 Å². The Morgan fingerprint density at radius 2 is 2.00 bits per heavy atom.